The second kappa shape index (κ2) is 4.30. The summed E-state index contributed by atoms with van der Waals surface area (Å²) in [6.45, 7) is 2.24. The van der Waals surface area contributed by atoms with E-state index in [1.165, 1.54) is 24.0 Å². The fourth-order valence-corrected chi connectivity index (χ4v) is 2.70. The zero-order valence-corrected chi connectivity index (χ0v) is 9.36. The summed E-state index contributed by atoms with van der Waals surface area (Å²) < 4.78 is 5.84. The molecule has 1 fully saturated rings. The molecular weight excluding hydrogens is 198 g/mol. The van der Waals surface area contributed by atoms with Crippen LogP contribution in [-0.2, 0) is 4.74 Å². The van der Waals surface area contributed by atoms with Gasteiger partial charge in [0, 0.05) is 5.92 Å². The highest BCUT2D eigenvalue weighted by molar-refractivity contribution is 5.55. The lowest BCUT2D eigenvalue weighted by Crippen LogP contribution is -2.32. The summed E-state index contributed by atoms with van der Waals surface area (Å²) in [5.74, 6) is 0.660. The van der Waals surface area contributed by atoms with Crippen molar-refractivity contribution in [3.05, 3.63) is 41.7 Å². The average Bonchev–Trinajstić information content (AvgIpc) is 2.39. The van der Waals surface area contributed by atoms with Crippen molar-refractivity contribution in [1.29, 1.82) is 0 Å². The number of hydrogen-bond acceptors (Lipinski definition) is 2. The normalized spacial score (nSPS) is 24.9. The largest absolute Gasteiger partial charge is 0.493 e. The Hall–Kier alpha value is -1.28. The molecule has 0 radical (unpaired) electrons. The van der Waals surface area contributed by atoms with Gasteiger partial charge in [-0.3, -0.25) is 0 Å². The maximum absolute atomic E-state index is 5.84. The first-order chi connectivity index (χ1) is 7.95. The van der Waals surface area contributed by atoms with Crippen LogP contribution in [-0.4, -0.2) is 13.1 Å². The molecule has 2 aliphatic rings. The highest BCUT2D eigenvalue weighted by atomic mass is 16.5. The molecule has 2 aliphatic heterocycles. The Labute approximate surface area is 96.3 Å². The number of fused-ring (bicyclic) bond motifs is 1. The van der Waals surface area contributed by atoms with Crippen LogP contribution >= 0.6 is 0 Å². The second-order valence-corrected chi connectivity index (χ2v) is 4.58. The minimum absolute atomic E-state index is 0.267. The molecular formula is C14H17NO. The smallest absolute Gasteiger partial charge is 0.126 e. The first-order valence-corrected chi connectivity index (χ1v) is 6.07. The van der Waals surface area contributed by atoms with Crippen molar-refractivity contribution < 1.29 is 4.74 Å². The molecule has 0 amide bonds. The number of piperidine rings is 1. The maximum Gasteiger partial charge on any atom is 0.126 e. The molecule has 2 heteroatoms. The van der Waals surface area contributed by atoms with Gasteiger partial charge in [0.05, 0.1) is 6.26 Å². The van der Waals surface area contributed by atoms with Gasteiger partial charge in [0.15, 0.2) is 0 Å². The van der Waals surface area contributed by atoms with Gasteiger partial charge in [0.2, 0.25) is 0 Å². The van der Waals surface area contributed by atoms with E-state index in [2.05, 4.69) is 35.7 Å². The molecule has 1 unspecified atom stereocenters. The van der Waals surface area contributed by atoms with Crippen molar-refractivity contribution in [2.75, 3.05) is 13.1 Å². The van der Waals surface area contributed by atoms with Crippen LogP contribution < -0.4 is 5.32 Å². The predicted octanol–water partition coefficient (Wildman–Crippen LogP) is 2.73. The van der Waals surface area contributed by atoms with Crippen LogP contribution in [0.4, 0.5) is 0 Å². The third-order valence-electron chi connectivity index (χ3n) is 3.59. The lowest BCUT2D eigenvalue weighted by molar-refractivity contribution is 0.0676. The van der Waals surface area contributed by atoms with E-state index in [-0.39, 0.29) is 6.10 Å². The van der Waals surface area contributed by atoms with Crippen LogP contribution in [0, 0.1) is 5.92 Å². The number of ether oxygens (including phenoxy) is 1. The molecule has 0 bridgehead atoms. The monoisotopic (exact) mass is 215 g/mol. The molecule has 0 aromatic heterocycles. The first kappa shape index (κ1) is 9.91. The second-order valence-electron chi connectivity index (χ2n) is 4.58. The molecule has 1 atom stereocenters. The van der Waals surface area contributed by atoms with E-state index in [0.717, 1.165) is 13.1 Å². The van der Waals surface area contributed by atoms with Crippen LogP contribution in [0.15, 0.2) is 30.5 Å². The van der Waals surface area contributed by atoms with Gasteiger partial charge in [-0.1, -0.05) is 24.3 Å². The Kier molecular flexibility index (Phi) is 2.66. The summed E-state index contributed by atoms with van der Waals surface area (Å²) >= 11 is 0. The Morgan fingerprint density at radius 1 is 1.12 bits per heavy atom. The molecule has 2 heterocycles. The Morgan fingerprint density at radius 2 is 1.94 bits per heavy atom. The van der Waals surface area contributed by atoms with Gasteiger partial charge in [-0.15, -0.1) is 0 Å². The van der Waals surface area contributed by atoms with Crippen LogP contribution in [0.5, 0.6) is 0 Å². The molecule has 1 aromatic rings. The van der Waals surface area contributed by atoms with Gasteiger partial charge in [0.25, 0.3) is 0 Å². The predicted molar refractivity (Wildman–Crippen MR) is 64.9 cm³/mol. The molecule has 1 aromatic carbocycles. The number of rotatable bonds is 1. The van der Waals surface area contributed by atoms with E-state index in [4.69, 9.17) is 4.74 Å². The summed E-state index contributed by atoms with van der Waals surface area (Å²) in [5.41, 5.74) is 2.68. The van der Waals surface area contributed by atoms with Crippen LogP contribution in [0.3, 0.4) is 0 Å². The molecule has 0 saturated carbocycles. The summed E-state index contributed by atoms with van der Waals surface area (Å²) in [6, 6.07) is 8.57. The van der Waals surface area contributed by atoms with Crippen molar-refractivity contribution in [1.82, 2.24) is 5.32 Å². The Balaban J connectivity index is 1.88. The van der Waals surface area contributed by atoms with E-state index >= 15 is 0 Å². The molecule has 84 valence electrons. The SMILES string of the molecule is C1=Cc2ccccc2C(C2CCNCC2)O1. The lowest BCUT2D eigenvalue weighted by Gasteiger charge is -2.32. The minimum Gasteiger partial charge on any atom is -0.493 e. The van der Waals surface area contributed by atoms with Crippen LogP contribution in [0.1, 0.15) is 30.1 Å². The minimum atomic E-state index is 0.267. The molecule has 1 saturated heterocycles. The summed E-state index contributed by atoms with van der Waals surface area (Å²) in [6.07, 6.45) is 6.62. The first-order valence-electron chi connectivity index (χ1n) is 6.07. The van der Waals surface area contributed by atoms with Gasteiger partial charge < -0.3 is 10.1 Å². The van der Waals surface area contributed by atoms with E-state index in [9.17, 15) is 0 Å². The van der Waals surface area contributed by atoms with E-state index in [1.807, 2.05) is 6.26 Å². The molecule has 16 heavy (non-hydrogen) atoms. The van der Waals surface area contributed by atoms with E-state index in [0.29, 0.717) is 5.92 Å². The third-order valence-corrected chi connectivity index (χ3v) is 3.59. The van der Waals surface area contributed by atoms with Crippen molar-refractivity contribution in [3.63, 3.8) is 0 Å². The molecule has 0 spiro atoms. The van der Waals surface area contributed by atoms with Crippen molar-refractivity contribution in [3.8, 4) is 0 Å². The summed E-state index contributed by atoms with van der Waals surface area (Å²) in [7, 11) is 0. The Bertz CT molecular complexity index is 393. The lowest BCUT2D eigenvalue weighted by atomic mass is 9.85. The van der Waals surface area contributed by atoms with Crippen LogP contribution in [0.25, 0.3) is 6.08 Å². The van der Waals surface area contributed by atoms with Gasteiger partial charge >= 0.3 is 0 Å². The fraction of sp³-hybridized carbons (Fsp3) is 0.429. The summed E-state index contributed by atoms with van der Waals surface area (Å²) in [4.78, 5) is 0. The highest BCUT2D eigenvalue weighted by Gasteiger charge is 2.28. The molecule has 1 N–H and O–H groups in total. The van der Waals surface area contributed by atoms with Crippen molar-refractivity contribution in [2.45, 2.75) is 18.9 Å². The number of benzene rings is 1. The topological polar surface area (TPSA) is 21.3 Å². The zero-order chi connectivity index (χ0) is 10.8. The maximum atomic E-state index is 5.84. The molecule has 0 aliphatic carbocycles. The van der Waals surface area contributed by atoms with Gasteiger partial charge in [-0.25, -0.2) is 0 Å². The van der Waals surface area contributed by atoms with Gasteiger partial charge in [0.1, 0.15) is 6.10 Å². The quantitative estimate of drug-likeness (QED) is 0.777. The molecule has 2 nitrogen and oxygen atoms in total. The highest BCUT2D eigenvalue weighted by Crippen LogP contribution is 2.36. The Morgan fingerprint density at radius 3 is 2.81 bits per heavy atom. The summed E-state index contributed by atoms with van der Waals surface area (Å²) in [5, 5.41) is 3.40. The third kappa shape index (κ3) is 1.74. The number of hydrogen-bond donors (Lipinski definition) is 1. The molecule has 3 rings (SSSR count). The van der Waals surface area contributed by atoms with E-state index < -0.39 is 0 Å². The van der Waals surface area contributed by atoms with E-state index in [1.54, 1.807) is 0 Å². The van der Waals surface area contributed by atoms with Gasteiger partial charge in [-0.2, -0.15) is 0 Å². The average molecular weight is 215 g/mol. The number of nitrogens with one attached hydrogen (secondary N) is 1. The van der Waals surface area contributed by atoms with Crippen molar-refractivity contribution in [2.24, 2.45) is 5.92 Å². The van der Waals surface area contributed by atoms with Crippen molar-refractivity contribution >= 4 is 6.08 Å². The van der Waals surface area contributed by atoms with Crippen LogP contribution in [0.2, 0.25) is 0 Å². The standard InChI is InChI=1S/C14H17NO/c1-2-4-13-11(3-1)7-10-16-14(13)12-5-8-15-9-6-12/h1-4,7,10,12,14-15H,5-6,8-9H2. The zero-order valence-electron chi connectivity index (χ0n) is 9.36. The van der Waals surface area contributed by atoms with Gasteiger partial charge in [-0.05, 0) is 43.1 Å². The fourth-order valence-electron chi connectivity index (χ4n) is 2.70.